The van der Waals surface area contributed by atoms with Gasteiger partial charge in [-0.15, -0.1) is 0 Å². The Morgan fingerprint density at radius 3 is 2.38 bits per heavy atom. The molecule has 2 rings (SSSR count). The molecule has 0 aliphatic rings. The van der Waals surface area contributed by atoms with Crippen LogP contribution < -0.4 is 10.1 Å². The van der Waals surface area contributed by atoms with Crippen molar-refractivity contribution in [3.8, 4) is 5.75 Å². The molecule has 1 N–H and O–H groups in total. The van der Waals surface area contributed by atoms with E-state index in [9.17, 15) is 13.2 Å². The monoisotopic (exact) mass is 348 g/mol. The van der Waals surface area contributed by atoms with Gasteiger partial charge in [-0.3, -0.25) is 9.78 Å². The van der Waals surface area contributed by atoms with E-state index in [2.05, 4.69) is 10.3 Å². The summed E-state index contributed by atoms with van der Waals surface area (Å²) in [5.74, 6) is 0.461. The zero-order chi connectivity index (χ0) is 17.9. The number of nitrogens with zero attached hydrogens (tertiary/aromatic N) is 1. The van der Waals surface area contributed by atoms with Gasteiger partial charge in [0.2, 0.25) is 0 Å². The standard InChI is InChI=1S/C17H20N2O4S/c1-11-9-18-15(12(2)16(11)23-3)10-19-17(20)13-5-7-14(8-6-13)24(4,21)22/h5-9H,10H2,1-4H3,(H,19,20). The highest BCUT2D eigenvalue weighted by atomic mass is 32.2. The van der Waals surface area contributed by atoms with E-state index in [1.165, 1.54) is 24.3 Å². The first-order chi connectivity index (χ1) is 11.2. The Balaban J connectivity index is 2.11. The molecule has 0 bridgehead atoms. The smallest absolute Gasteiger partial charge is 0.251 e. The number of aryl methyl sites for hydroxylation is 1. The number of ether oxygens (including phenoxy) is 1. The Morgan fingerprint density at radius 1 is 1.21 bits per heavy atom. The fourth-order valence-electron chi connectivity index (χ4n) is 2.37. The number of carbonyl (C=O) groups is 1. The van der Waals surface area contributed by atoms with E-state index in [1.54, 1.807) is 13.3 Å². The molecule has 0 saturated carbocycles. The van der Waals surface area contributed by atoms with E-state index in [1.807, 2.05) is 13.8 Å². The van der Waals surface area contributed by atoms with Gasteiger partial charge in [-0.25, -0.2) is 8.42 Å². The van der Waals surface area contributed by atoms with Crippen LogP contribution in [-0.4, -0.2) is 32.7 Å². The second-order valence-corrected chi connectivity index (χ2v) is 7.54. The summed E-state index contributed by atoms with van der Waals surface area (Å²) >= 11 is 0. The maximum absolute atomic E-state index is 12.2. The first-order valence-electron chi connectivity index (χ1n) is 7.31. The number of benzene rings is 1. The molecule has 0 saturated heterocycles. The van der Waals surface area contributed by atoms with Crippen molar-refractivity contribution in [3.05, 3.63) is 52.8 Å². The van der Waals surface area contributed by atoms with Gasteiger partial charge in [0.1, 0.15) is 5.75 Å². The molecule has 0 aliphatic carbocycles. The molecule has 128 valence electrons. The molecule has 1 aromatic carbocycles. The first kappa shape index (κ1) is 17.9. The Bertz CT molecular complexity index is 859. The fraction of sp³-hybridized carbons (Fsp3) is 0.294. The first-order valence-corrected chi connectivity index (χ1v) is 9.20. The quantitative estimate of drug-likeness (QED) is 0.894. The van der Waals surface area contributed by atoms with Crippen LogP contribution in [0, 0.1) is 13.8 Å². The Hall–Kier alpha value is -2.41. The van der Waals surface area contributed by atoms with E-state index in [4.69, 9.17) is 4.74 Å². The lowest BCUT2D eigenvalue weighted by atomic mass is 10.1. The highest BCUT2D eigenvalue weighted by Crippen LogP contribution is 2.23. The van der Waals surface area contributed by atoms with Crippen LogP contribution >= 0.6 is 0 Å². The second-order valence-electron chi connectivity index (χ2n) is 5.53. The van der Waals surface area contributed by atoms with E-state index in [0.29, 0.717) is 5.56 Å². The highest BCUT2D eigenvalue weighted by Gasteiger charge is 2.12. The van der Waals surface area contributed by atoms with Crippen LogP contribution in [0.5, 0.6) is 5.75 Å². The summed E-state index contributed by atoms with van der Waals surface area (Å²) in [6, 6.07) is 5.81. The Labute approximate surface area is 141 Å². The van der Waals surface area contributed by atoms with Crippen molar-refractivity contribution in [2.45, 2.75) is 25.3 Å². The molecule has 0 fully saturated rings. The maximum Gasteiger partial charge on any atom is 0.251 e. The maximum atomic E-state index is 12.2. The van der Waals surface area contributed by atoms with Gasteiger partial charge < -0.3 is 10.1 Å². The minimum absolute atomic E-state index is 0.180. The lowest BCUT2D eigenvalue weighted by molar-refractivity contribution is 0.0950. The average molecular weight is 348 g/mol. The van der Waals surface area contributed by atoms with Gasteiger partial charge in [-0.1, -0.05) is 0 Å². The minimum atomic E-state index is -3.27. The van der Waals surface area contributed by atoms with E-state index >= 15 is 0 Å². The zero-order valence-corrected chi connectivity index (χ0v) is 14.9. The number of methoxy groups -OCH3 is 1. The van der Waals surface area contributed by atoms with Crippen LogP contribution in [0.4, 0.5) is 0 Å². The van der Waals surface area contributed by atoms with Crippen molar-refractivity contribution in [3.63, 3.8) is 0 Å². The van der Waals surface area contributed by atoms with Crippen molar-refractivity contribution < 1.29 is 17.9 Å². The number of carbonyl (C=O) groups excluding carboxylic acids is 1. The van der Waals surface area contributed by atoms with Crippen molar-refractivity contribution in [1.29, 1.82) is 0 Å². The number of hydrogen-bond acceptors (Lipinski definition) is 5. The van der Waals surface area contributed by atoms with Gasteiger partial charge in [0, 0.05) is 29.1 Å². The van der Waals surface area contributed by atoms with E-state index in [-0.39, 0.29) is 17.3 Å². The molecule has 1 heterocycles. The summed E-state index contributed by atoms with van der Waals surface area (Å²) < 4.78 is 28.2. The third kappa shape index (κ3) is 3.91. The van der Waals surface area contributed by atoms with Crippen LogP contribution in [0.1, 0.15) is 27.2 Å². The molecule has 0 radical (unpaired) electrons. The van der Waals surface area contributed by atoms with Gasteiger partial charge in [-0.2, -0.15) is 0 Å². The largest absolute Gasteiger partial charge is 0.496 e. The number of pyridine rings is 1. The summed E-state index contributed by atoms with van der Waals surface area (Å²) in [5.41, 5.74) is 2.92. The molecule has 0 spiro atoms. The SMILES string of the molecule is COc1c(C)cnc(CNC(=O)c2ccc(S(C)(=O)=O)cc2)c1C. The van der Waals surface area contributed by atoms with Crippen molar-refractivity contribution in [2.24, 2.45) is 0 Å². The van der Waals surface area contributed by atoms with Crippen molar-refractivity contribution in [2.75, 3.05) is 13.4 Å². The number of nitrogens with one attached hydrogen (secondary N) is 1. The molecule has 7 heteroatoms. The van der Waals surface area contributed by atoms with Crippen LogP contribution in [-0.2, 0) is 16.4 Å². The van der Waals surface area contributed by atoms with Gasteiger partial charge >= 0.3 is 0 Å². The molecule has 2 aromatic rings. The van der Waals surface area contributed by atoms with Crippen molar-refractivity contribution >= 4 is 15.7 Å². The molecule has 24 heavy (non-hydrogen) atoms. The summed E-state index contributed by atoms with van der Waals surface area (Å²) in [7, 11) is -1.68. The lowest BCUT2D eigenvalue weighted by Crippen LogP contribution is -2.24. The Kier molecular flexibility index (Phi) is 5.23. The average Bonchev–Trinajstić information content (AvgIpc) is 2.53. The predicted octanol–water partition coefficient (Wildman–Crippen LogP) is 2.04. The van der Waals surface area contributed by atoms with Gasteiger partial charge in [0.05, 0.1) is 24.2 Å². The number of hydrogen-bond donors (Lipinski definition) is 1. The van der Waals surface area contributed by atoms with Crippen LogP contribution in [0.25, 0.3) is 0 Å². The van der Waals surface area contributed by atoms with Crippen molar-refractivity contribution in [1.82, 2.24) is 10.3 Å². The van der Waals surface area contributed by atoms with E-state index in [0.717, 1.165) is 28.8 Å². The number of amides is 1. The van der Waals surface area contributed by atoms with E-state index < -0.39 is 9.84 Å². The number of sulfone groups is 1. The van der Waals surface area contributed by atoms with Gasteiger partial charge in [0.25, 0.3) is 5.91 Å². The topological polar surface area (TPSA) is 85.4 Å². The van der Waals surface area contributed by atoms with Gasteiger partial charge in [-0.05, 0) is 38.1 Å². The normalized spacial score (nSPS) is 11.2. The zero-order valence-electron chi connectivity index (χ0n) is 14.1. The minimum Gasteiger partial charge on any atom is -0.496 e. The van der Waals surface area contributed by atoms with Crippen LogP contribution in [0.2, 0.25) is 0 Å². The lowest BCUT2D eigenvalue weighted by Gasteiger charge is -2.13. The summed E-state index contributed by atoms with van der Waals surface area (Å²) in [4.78, 5) is 16.7. The summed E-state index contributed by atoms with van der Waals surface area (Å²) in [6.07, 6.45) is 2.83. The molecule has 1 aromatic heterocycles. The molecule has 1 amide bonds. The number of aromatic nitrogens is 1. The molecule has 0 aliphatic heterocycles. The molecular weight excluding hydrogens is 328 g/mol. The summed E-state index contributed by atoms with van der Waals surface area (Å²) in [6.45, 7) is 4.06. The number of rotatable bonds is 5. The third-order valence-electron chi connectivity index (χ3n) is 3.71. The van der Waals surface area contributed by atoms with Gasteiger partial charge in [0.15, 0.2) is 9.84 Å². The molecule has 0 atom stereocenters. The second kappa shape index (κ2) is 7.00. The van der Waals surface area contributed by atoms with Crippen LogP contribution in [0.15, 0.2) is 35.4 Å². The Morgan fingerprint density at radius 2 is 1.83 bits per heavy atom. The highest BCUT2D eigenvalue weighted by molar-refractivity contribution is 7.90. The molecule has 0 unspecified atom stereocenters. The molecular formula is C17H20N2O4S. The summed E-state index contributed by atoms with van der Waals surface area (Å²) in [5, 5.41) is 2.78. The predicted molar refractivity (Wildman–Crippen MR) is 91.0 cm³/mol. The fourth-order valence-corrected chi connectivity index (χ4v) is 3.00. The van der Waals surface area contributed by atoms with Crippen LogP contribution in [0.3, 0.4) is 0 Å². The third-order valence-corrected chi connectivity index (χ3v) is 4.84. The molecule has 6 nitrogen and oxygen atoms in total.